The van der Waals surface area contributed by atoms with Gasteiger partial charge in [-0.3, -0.25) is 0 Å². The van der Waals surface area contributed by atoms with Crippen LogP contribution in [0.4, 0.5) is 30.8 Å². The second-order valence-corrected chi connectivity index (χ2v) is 6.68. The van der Waals surface area contributed by atoms with E-state index in [-0.39, 0.29) is 29.2 Å². The summed E-state index contributed by atoms with van der Waals surface area (Å²) >= 11 is 0. The van der Waals surface area contributed by atoms with Crippen LogP contribution < -0.4 is 15.4 Å². The third-order valence-electron chi connectivity index (χ3n) is 4.58. The van der Waals surface area contributed by atoms with Gasteiger partial charge in [-0.25, -0.2) is 23.5 Å². The van der Waals surface area contributed by atoms with E-state index in [4.69, 9.17) is 14.6 Å². The molecule has 3 N–H and O–H groups in total. The molecule has 9 nitrogen and oxygen atoms in total. The number of hydrogen-bond acceptors (Lipinski definition) is 7. The Morgan fingerprint density at radius 2 is 1.90 bits per heavy atom. The van der Waals surface area contributed by atoms with Gasteiger partial charge >= 0.3 is 6.09 Å². The van der Waals surface area contributed by atoms with Gasteiger partial charge in [0.1, 0.15) is 29.9 Å². The van der Waals surface area contributed by atoms with Crippen LogP contribution in [-0.2, 0) is 4.74 Å². The molecule has 162 valence electrons. The first-order valence-corrected chi connectivity index (χ1v) is 9.41. The number of halogens is 2. The number of carbonyl (C=O) groups is 1. The summed E-state index contributed by atoms with van der Waals surface area (Å²) in [6.45, 7) is 1.47. The Hall–Kier alpha value is -3.21. The van der Waals surface area contributed by atoms with E-state index in [0.717, 1.165) is 12.1 Å². The lowest BCUT2D eigenvalue weighted by molar-refractivity contribution is 0.0870. The van der Waals surface area contributed by atoms with E-state index in [1.54, 1.807) is 0 Å². The number of amides is 1. The second kappa shape index (κ2) is 10.0. The first kappa shape index (κ1) is 21.5. The lowest BCUT2D eigenvalue weighted by atomic mass is 10.1. The normalized spacial score (nSPS) is 14.4. The molecule has 2 aromatic rings. The van der Waals surface area contributed by atoms with Crippen LogP contribution in [0.5, 0.6) is 5.88 Å². The van der Waals surface area contributed by atoms with Gasteiger partial charge in [-0.1, -0.05) is 0 Å². The third-order valence-corrected chi connectivity index (χ3v) is 4.58. The van der Waals surface area contributed by atoms with E-state index in [2.05, 4.69) is 20.6 Å². The van der Waals surface area contributed by atoms with Gasteiger partial charge in [0.2, 0.25) is 5.88 Å². The number of rotatable bonds is 8. The van der Waals surface area contributed by atoms with Crippen molar-refractivity contribution in [3.8, 4) is 5.88 Å². The van der Waals surface area contributed by atoms with Crippen molar-refractivity contribution in [3.63, 3.8) is 0 Å². The Kier molecular flexibility index (Phi) is 7.17. The van der Waals surface area contributed by atoms with Crippen LogP contribution in [0.1, 0.15) is 12.8 Å². The molecular formula is C19H23F2N5O4. The van der Waals surface area contributed by atoms with Gasteiger partial charge in [0.25, 0.3) is 0 Å². The Morgan fingerprint density at radius 1 is 1.20 bits per heavy atom. The van der Waals surface area contributed by atoms with E-state index >= 15 is 0 Å². The third kappa shape index (κ3) is 5.66. The summed E-state index contributed by atoms with van der Waals surface area (Å²) in [7, 11) is 1.52. The molecule has 3 rings (SSSR count). The number of benzene rings is 1. The highest BCUT2D eigenvalue weighted by Crippen LogP contribution is 2.26. The molecule has 2 heterocycles. The van der Waals surface area contributed by atoms with Crippen molar-refractivity contribution in [3.05, 3.63) is 36.2 Å². The molecule has 0 bridgehead atoms. The minimum Gasteiger partial charge on any atom is -0.474 e. The SMILES string of the molecule is COCCNc1cc(F)c(Nc2cc(OC3CCN(C(=O)O)CC3)ncn2)cc1F. The first-order chi connectivity index (χ1) is 14.5. The molecule has 1 aliphatic rings. The highest BCUT2D eigenvalue weighted by Gasteiger charge is 2.23. The number of hydrogen-bond donors (Lipinski definition) is 3. The van der Waals surface area contributed by atoms with Gasteiger partial charge in [-0.2, -0.15) is 0 Å². The Balaban J connectivity index is 1.62. The van der Waals surface area contributed by atoms with Crippen molar-refractivity contribution >= 4 is 23.3 Å². The second-order valence-electron chi connectivity index (χ2n) is 6.68. The van der Waals surface area contributed by atoms with E-state index in [0.29, 0.717) is 39.1 Å². The summed E-state index contributed by atoms with van der Waals surface area (Å²) in [5.74, 6) is -0.773. The molecule has 0 aliphatic carbocycles. The van der Waals surface area contributed by atoms with E-state index in [1.165, 1.54) is 24.4 Å². The fourth-order valence-electron chi connectivity index (χ4n) is 3.01. The molecule has 0 radical (unpaired) electrons. The van der Waals surface area contributed by atoms with E-state index in [9.17, 15) is 13.6 Å². The predicted molar refractivity (Wildman–Crippen MR) is 105 cm³/mol. The molecule has 1 fully saturated rings. The van der Waals surface area contributed by atoms with Crippen molar-refractivity contribution in [2.75, 3.05) is 44.0 Å². The van der Waals surface area contributed by atoms with Gasteiger partial charge < -0.3 is 30.1 Å². The summed E-state index contributed by atoms with van der Waals surface area (Å²) in [5, 5.41) is 14.5. The summed E-state index contributed by atoms with van der Waals surface area (Å²) in [5.41, 5.74) is -0.0429. The van der Waals surface area contributed by atoms with Crippen LogP contribution in [0.15, 0.2) is 24.5 Å². The Labute approximate surface area is 172 Å². The van der Waals surface area contributed by atoms with Crippen molar-refractivity contribution < 1.29 is 28.2 Å². The lowest BCUT2D eigenvalue weighted by Crippen LogP contribution is -2.41. The summed E-state index contributed by atoms with van der Waals surface area (Å²) < 4.78 is 39.3. The van der Waals surface area contributed by atoms with E-state index < -0.39 is 17.7 Å². The zero-order valence-electron chi connectivity index (χ0n) is 16.4. The number of carboxylic acid groups (broad SMARTS) is 1. The lowest BCUT2D eigenvalue weighted by Gasteiger charge is -2.29. The van der Waals surface area contributed by atoms with Crippen LogP contribution in [0.2, 0.25) is 0 Å². The average Bonchev–Trinajstić information content (AvgIpc) is 2.72. The van der Waals surface area contributed by atoms with Crippen molar-refractivity contribution in [1.82, 2.24) is 14.9 Å². The standard InChI is InChI=1S/C19H23F2N5O4/c1-29-7-4-22-15-8-14(21)16(9-13(15)20)25-17-10-18(24-11-23-17)30-12-2-5-26(6-3-12)19(27)28/h8-12,22H,2-7H2,1H3,(H,27,28)(H,23,24,25). The summed E-state index contributed by atoms with van der Waals surface area (Å²) in [6.07, 6.45) is 1.19. The molecule has 30 heavy (non-hydrogen) atoms. The maximum absolute atomic E-state index is 14.4. The molecule has 0 spiro atoms. The smallest absolute Gasteiger partial charge is 0.407 e. The van der Waals surface area contributed by atoms with Crippen LogP contribution in [-0.4, -0.2) is 65.5 Å². The van der Waals surface area contributed by atoms with Gasteiger partial charge in [0.05, 0.1) is 18.0 Å². The van der Waals surface area contributed by atoms with Gasteiger partial charge in [0.15, 0.2) is 0 Å². The van der Waals surface area contributed by atoms with Crippen LogP contribution in [0.25, 0.3) is 0 Å². The van der Waals surface area contributed by atoms with Gasteiger partial charge in [0, 0.05) is 57.8 Å². The topological polar surface area (TPSA) is 109 Å². The zero-order chi connectivity index (χ0) is 21.5. The number of piperidine rings is 1. The van der Waals surface area contributed by atoms with Gasteiger partial charge in [-0.15, -0.1) is 0 Å². The maximum Gasteiger partial charge on any atom is 0.407 e. The number of likely N-dealkylation sites (tertiary alicyclic amines) is 1. The predicted octanol–water partition coefficient (Wildman–Crippen LogP) is 3.08. The average molecular weight is 423 g/mol. The monoisotopic (exact) mass is 423 g/mol. The van der Waals surface area contributed by atoms with E-state index in [1.807, 2.05) is 0 Å². The number of nitrogens with one attached hydrogen (secondary N) is 2. The molecule has 1 saturated heterocycles. The molecule has 0 saturated carbocycles. The molecular weight excluding hydrogens is 400 g/mol. The fourth-order valence-corrected chi connectivity index (χ4v) is 3.01. The molecule has 1 aliphatic heterocycles. The van der Waals surface area contributed by atoms with Crippen molar-refractivity contribution in [2.24, 2.45) is 0 Å². The number of aromatic nitrogens is 2. The van der Waals surface area contributed by atoms with Crippen LogP contribution in [0.3, 0.4) is 0 Å². The summed E-state index contributed by atoms with van der Waals surface area (Å²) in [4.78, 5) is 20.3. The fraction of sp³-hybridized carbons (Fsp3) is 0.421. The van der Waals surface area contributed by atoms with Gasteiger partial charge in [-0.05, 0) is 0 Å². The Morgan fingerprint density at radius 3 is 2.60 bits per heavy atom. The molecule has 1 aromatic carbocycles. The highest BCUT2D eigenvalue weighted by molar-refractivity contribution is 5.65. The molecule has 11 heteroatoms. The number of nitrogens with zero attached hydrogens (tertiary/aromatic N) is 3. The van der Waals surface area contributed by atoms with Crippen LogP contribution >= 0.6 is 0 Å². The van der Waals surface area contributed by atoms with Crippen molar-refractivity contribution in [2.45, 2.75) is 18.9 Å². The quantitative estimate of drug-likeness (QED) is 0.556. The number of methoxy groups -OCH3 is 1. The maximum atomic E-state index is 14.4. The minimum atomic E-state index is -0.948. The Bertz CT molecular complexity index is 878. The largest absolute Gasteiger partial charge is 0.474 e. The molecule has 1 amide bonds. The van der Waals surface area contributed by atoms with Crippen LogP contribution in [0, 0.1) is 11.6 Å². The molecule has 1 aromatic heterocycles. The van der Waals surface area contributed by atoms with Crippen molar-refractivity contribution in [1.29, 1.82) is 0 Å². The number of anilines is 3. The molecule has 0 atom stereocenters. The highest BCUT2D eigenvalue weighted by atomic mass is 19.1. The number of ether oxygens (including phenoxy) is 2. The first-order valence-electron chi connectivity index (χ1n) is 9.41. The molecule has 0 unspecified atom stereocenters. The zero-order valence-corrected chi connectivity index (χ0v) is 16.4. The summed E-state index contributed by atoms with van der Waals surface area (Å²) in [6, 6.07) is 3.57. The minimum absolute atomic E-state index is 0.0366.